The highest BCUT2D eigenvalue weighted by Gasteiger charge is 2.11. The van der Waals surface area contributed by atoms with E-state index in [0.29, 0.717) is 24.0 Å². The molecule has 0 aromatic heterocycles. The van der Waals surface area contributed by atoms with Gasteiger partial charge in [0.15, 0.2) is 0 Å². The Morgan fingerprint density at radius 2 is 1.88 bits per heavy atom. The van der Waals surface area contributed by atoms with Crippen molar-refractivity contribution in [3.63, 3.8) is 0 Å². The molecule has 0 aromatic carbocycles. The van der Waals surface area contributed by atoms with Gasteiger partial charge < -0.3 is 4.74 Å². The molecule has 0 aliphatic rings. The molecule has 0 fully saturated rings. The number of Topliss-reactive ketones (excluding diaryl/α,β-unsaturated/α-hetero) is 1. The summed E-state index contributed by atoms with van der Waals surface area (Å²) in [6.45, 7) is 10.1. The molecular formula is C14H28O2. The summed E-state index contributed by atoms with van der Waals surface area (Å²) in [5.41, 5.74) is 0. The van der Waals surface area contributed by atoms with Gasteiger partial charge in [-0.05, 0) is 38.0 Å². The van der Waals surface area contributed by atoms with Crippen LogP contribution in [-0.2, 0) is 9.53 Å². The lowest BCUT2D eigenvalue weighted by Gasteiger charge is -2.16. The van der Waals surface area contributed by atoms with Gasteiger partial charge in [0.1, 0.15) is 5.78 Å². The quantitative estimate of drug-likeness (QED) is 0.531. The van der Waals surface area contributed by atoms with Crippen molar-refractivity contribution in [2.45, 2.75) is 59.8 Å². The molecule has 0 saturated heterocycles. The highest BCUT2D eigenvalue weighted by atomic mass is 16.5. The van der Waals surface area contributed by atoms with E-state index in [4.69, 9.17) is 4.74 Å². The van der Waals surface area contributed by atoms with Crippen LogP contribution in [-0.4, -0.2) is 19.0 Å². The Hall–Kier alpha value is -0.370. The summed E-state index contributed by atoms with van der Waals surface area (Å²) in [4.78, 5) is 11.3. The highest BCUT2D eigenvalue weighted by Crippen LogP contribution is 2.19. The van der Waals surface area contributed by atoms with Crippen LogP contribution in [0.4, 0.5) is 0 Å². The Labute approximate surface area is 101 Å². The SMILES string of the molecule is CCOCCCC(C)CC(C)CC(=O)CC. The van der Waals surface area contributed by atoms with Crippen LogP contribution in [0.15, 0.2) is 0 Å². The van der Waals surface area contributed by atoms with Crippen molar-refractivity contribution in [3.05, 3.63) is 0 Å². The minimum absolute atomic E-state index is 0.397. The van der Waals surface area contributed by atoms with Gasteiger partial charge in [0.05, 0.1) is 0 Å². The van der Waals surface area contributed by atoms with Crippen LogP contribution in [0.2, 0.25) is 0 Å². The molecule has 2 heteroatoms. The summed E-state index contributed by atoms with van der Waals surface area (Å²) in [7, 11) is 0. The molecular weight excluding hydrogens is 200 g/mol. The van der Waals surface area contributed by atoms with Crippen LogP contribution in [0.5, 0.6) is 0 Å². The Bertz CT molecular complexity index is 178. The third-order valence-corrected chi connectivity index (χ3v) is 2.96. The van der Waals surface area contributed by atoms with E-state index >= 15 is 0 Å². The maximum atomic E-state index is 11.3. The number of hydrogen-bond donors (Lipinski definition) is 0. The van der Waals surface area contributed by atoms with Crippen molar-refractivity contribution >= 4 is 5.78 Å². The lowest BCUT2D eigenvalue weighted by atomic mass is 9.90. The predicted molar refractivity (Wildman–Crippen MR) is 68.6 cm³/mol. The van der Waals surface area contributed by atoms with Crippen LogP contribution < -0.4 is 0 Å². The second kappa shape index (κ2) is 9.83. The van der Waals surface area contributed by atoms with Crippen molar-refractivity contribution in [2.75, 3.05) is 13.2 Å². The number of hydrogen-bond acceptors (Lipinski definition) is 2. The van der Waals surface area contributed by atoms with Crippen LogP contribution in [0.1, 0.15) is 59.8 Å². The molecule has 0 amide bonds. The molecule has 0 spiro atoms. The van der Waals surface area contributed by atoms with E-state index in [1.807, 2.05) is 13.8 Å². The zero-order valence-electron chi connectivity index (χ0n) is 11.4. The molecule has 2 unspecified atom stereocenters. The van der Waals surface area contributed by atoms with E-state index in [9.17, 15) is 4.79 Å². The van der Waals surface area contributed by atoms with Gasteiger partial charge in [0.25, 0.3) is 0 Å². The van der Waals surface area contributed by atoms with Gasteiger partial charge in [0.2, 0.25) is 0 Å². The lowest BCUT2D eigenvalue weighted by Crippen LogP contribution is -2.09. The number of rotatable bonds is 10. The van der Waals surface area contributed by atoms with E-state index < -0.39 is 0 Å². The molecule has 0 N–H and O–H groups in total. The summed E-state index contributed by atoms with van der Waals surface area (Å²) in [6, 6.07) is 0. The molecule has 2 atom stereocenters. The lowest BCUT2D eigenvalue weighted by molar-refractivity contribution is -0.119. The first-order chi connectivity index (χ1) is 7.60. The molecule has 2 nitrogen and oxygen atoms in total. The number of ether oxygens (including phenoxy) is 1. The van der Waals surface area contributed by atoms with Gasteiger partial charge in [-0.1, -0.05) is 20.8 Å². The zero-order chi connectivity index (χ0) is 12.4. The van der Waals surface area contributed by atoms with E-state index in [1.165, 1.54) is 6.42 Å². The highest BCUT2D eigenvalue weighted by molar-refractivity contribution is 5.78. The fraction of sp³-hybridized carbons (Fsp3) is 0.929. The van der Waals surface area contributed by atoms with Crippen molar-refractivity contribution < 1.29 is 9.53 Å². The van der Waals surface area contributed by atoms with Crippen molar-refractivity contribution in [1.29, 1.82) is 0 Å². The zero-order valence-corrected chi connectivity index (χ0v) is 11.4. The predicted octanol–water partition coefficient (Wildman–Crippen LogP) is 3.83. The van der Waals surface area contributed by atoms with Gasteiger partial charge in [-0.3, -0.25) is 4.79 Å². The third kappa shape index (κ3) is 8.90. The molecule has 96 valence electrons. The summed E-state index contributed by atoms with van der Waals surface area (Å²) < 4.78 is 5.32. The number of ketones is 1. The van der Waals surface area contributed by atoms with Crippen molar-refractivity contribution in [1.82, 2.24) is 0 Å². The maximum Gasteiger partial charge on any atom is 0.132 e. The smallest absolute Gasteiger partial charge is 0.132 e. The first kappa shape index (κ1) is 15.6. The fourth-order valence-corrected chi connectivity index (χ4v) is 2.10. The van der Waals surface area contributed by atoms with Crippen LogP contribution >= 0.6 is 0 Å². The fourth-order valence-electron chi connectivity index (χ4n) is 2.10. The minimum atomic E-state index is 0.397. The van der Waals surface area contributed by atoms with Gasteiger partial charge in [-0.15, -0.1) is 0 Å². The molecule has 0 bridgehead atoms. The molecule has 0 aromatic rings. The normalized spacial score (nSPS) is 14.8. The van der Waals surface area contributed by atoms with Gasteiger partial charge in [-0.2, -0.15) is 0 Å². The second-order valence-corrected chi connectivity index (χ2v) is 4.88. The average Bonchev–Trinajstić information content (AvgIpc) is 2.24. The molecule has 0 saturated carbocycles. The standard InChI is InChI=1S/C14H28O2/c1-5-14(15)11-13(4)10-12(3)8-7-9-16-6-2/h12-13H,5-11H2,1-4H3. The van der Waals surface area contributed by atoms with Crippen LogP contribution in [0.25, 0.3) is 0 Å². The molecule has 0 aliphatic heterocycles. The summed E-state index contributed by atoms with van der Waals surface area (Å²) in [5.74, 6) is 1.64. The van der Waals surface area contributed by atoms with Crippen LogP contribution in [0.3, 0.4) is 0 Å². The largest absolute Gasteiger partial charge is 0.382 e. The summed E-state index contributed by atoms with van der Waals surface area (Å²) in [6.07, 6.45) is 4.96. The van der Waals surface area contributed by atoms with E-state index in [1.54, 1.807) is 0 Å². The first-order valence-corrected chi connectivity index (χ1v) is 6.69. The molecule has 0 radical (unpaired) electrons. The van der Waals surface area contributed by atoms with Gasteiger partial charge >= 0.3 is 0 Å². The van der Waals surface area contributed by atoms with Crippen molar-refractivity contribution in [3.8, 4) is 0 Å². The first-order valence-electron chi connectivity index (χ1n) is 6.69. The van der Waals surface area contributed by atoms with E-state index in [0.717, 1.165) is 32.5 Å². The van der Waals surface area contributed by atoms with Gasteiger partial charge in [0, 0.05) is 26.1 Å². The number of carbonyl (C=O) groups is 1. The Morgan fingerprint density at radius 1 is 1.19 bits per heavy atom. The third-order valence-electron chi connectivity index (χ3n) is 2.96. The van der Waals surface area contributed by atoms with Gasteiger partial charge in [-0.25, -0.2) is 0 Å². The Kier molecular flexibility index (Phi) is 9.60. The Morgan fingerprint density at radius 3 is 2.44 bits per heavy atom. The molecule has 16 heavy (non-hydrogen) atoms. The van der Waals surface area contributed by atoms with E-state index in [-0.39, 0.29) is 0 Å². The topological polar surface area (TPSA) is 26.3 Å². The average molecular weight is 228 g/mol. The number of carbonyl (C=O) groups excluding carboxylic acids is 1. The summed E-state index contributed by atoms with van der Waals surface area (Å²) >= 11 is 0. The van der Waals surface area contributed by atoms with Crippen molar-refractivity contribution in [2.24, 2.45) is 11.8 Å². The monoisotopic (exact) mass is 228 g/mol. The minimum Gasteiger partial charge on any atom is -0.382 e. The maximum absolute atomic E-state index is 11.3. The van der Waals surface area contributed by atoms with Crippen LogP contribution in [0, 0.1) is 11.8 Å². The second-order valence-electron chi connectivity index (χ2n) is 4.88. The molecule has 0 heterocycles. The molecule has 0 aliphatic carbocycles. The summed E-state index contributed by atoms with van der Waals surface area (Å²) in [5, 5.41) is 0. The van der Waals surface area contributed by atoms with E-state index in [2.05, 4.69) is 13.8 Å². The Balaban J connectivity index is 3.53. The molecule has 0 rings (SSSR count).